The van der Waals surface area contributed by atoms with Crippen molar-refractivity contribution in [3.8, 4) is 11.6 Å². The number of aryl methyl sites for hydroxylation is 1. The molecule has 1 atom stereocenters. The first-order valence-electron chi connectivity index (χ1n) is 8.55. The molecule has 0 spiro atoms. The third kappa shape index (κ3) is 4.56. The highest BCUT2D eigenvalue weighted by atomic mass is 16.5. The lowest BCUT2D eigenvalue weighted by molar-refractivity contribution is -0.131. The summed E-state index contributed by atoms with van der Waals surface area (Å²) < 4.78 is 10.9. The molecule has 136 valence electrons. The van der Waals surface area contributed by atoms with Gasteiger partial charge in [-0.1, -0.05) is 0 Å². The maximum atomic E-state index is 12.7. The van der Waals surface area contributed by atoms with Crippen molar-refractivity contribution >= 4 is 11.9 Å². The van der Waals surface area contributed by atoms with E-state index in [1.54, 1.807) is 41.4 Å². The van der Waals surface area contributed by atoms with E-state index in [1.807, 2.05) is 6.92 Å². The molecule has 1 aromatic heterocycles. The highest BCUT2D eigenvalue weighted by Gasteiger charge is 2.26. The Labute approximate surface area is 152 Å². The van der Waals surface area contributed by atoms with Crippen LogP contribution >= 0.6 is 0 Å². The van der Waals surface area contributed by atoms with Gasteiger partial charge in [-0.25, -0.2) is 4.98 Å². The minimum Gasteiger partial charge on any atom is -0.472 e. The first kappa shape index (κ1) is 17.8. The van der Waals surface area contributed by atoms with E-state index in [1.165, 1.54) is 6.92 Å². The molecule has 2 heterocycles. The topological polar surface area (TPSA) is 81.6 Å². The summed E-state index contributed by atoms with van der Waals surface area (Å²) in [5.74, 6) is 1.15. The van der Waals surface area contributed by atoms with Crippen LogP contribution in [0.1, 0.15) is 35.9 Å². The van der Waals surface area contributed by atoms with Gasteiger partial charge in [-0.2, -0.15) is 4.98 Å². The molecule has 1 saturated heterocycles. The van der Waals surface area contributed by atoms with Crippen molar-refractivity contribution in [3.63, 3.8) is 0 Å². The molecule has 0 aliphatic carbocycles. The minimum absolute atomic E-state index is 0.0634. The predicted molar refractivity (Wildman–Crippen MR) is 94.1 cm³/mol. The summed E-state index contributed by atoms with van der Waals surface area (Å²) in [6.07, 6.45) is 3.31. The fourth-order valence-electron chi connectivity index (χ4n) is 2.90. The number of aromatic nitrogens is 2. The molecule has 2 aromatic rings. The quantitative estimate of drug-likeness (QED) is 0.619. The van der Waals surface area contributed by atoms with Crippen LogP contribution in [0.25, 0.3) is 0 Å². The van der Waals surface area contributed by atoms with Gasteiger partial charge in [0.2, 0.25) is 5.88 Å². The van der Waals surface area contributed by atoms with Gasteiger partial charge in [0, 0.05) is 31.3 Å². The third-order valence-electron chi connectivity index (χ3n) is 4.07. The Kier molecular flexibility index (Phi) is 5.46. The van der Waals surface area contributed by atoms with Gasteiger partial charge in [0.25, 0.3) is 5.91 Å². The molecule has 0 radical (unpaired) electrons. The lowest BCUT2D eigenvalue weighted by atomic mass is 10.1. The lowest BCUT2D eigenvalue weighted by Gasteiger charge is -2.32. The van der Waals surface area contributed by atoms with Crippen LogP contribution in [-0.4, -0.2) is 45.9 Å². The largest absolute Gasteiger partial charge is 0.472 e. The van der Waals surface area contributed by atoms with Gasteiger partial charge < -0.3 is 14.4 Å². The number of benzene rings is 1. The van der Waals surface area contributed by atoms with Crippen LogP contribution < -0.4 is 9.47 Å². The lowest BCUT2D eigenvalue weighted by Crippen LogP contribution is -2.44. The second kappa shape index (κ2) is 7.95. The predicted octanol–water partition coefficient (Wildman–Crippen LogP) is 2.39. The van der Waals surface area contributed by atoms with Crippen molar-refractivity contribution < 1.29 is 19.1 Å². The molecule has 0 saturated carbocycles. The Morgan fingerprint density at radius 2 is 1.96 bits per heavy atom. The molecule has 1 amide bonds. The van der Waals surface area contributed by atoms with E-state index in [2.05, 4.69) is 9.97 Å². The molecule has 1 aliphatic rings. The molecule has 7 nitrogen and oxygen atoms in total. The molecular weight excluding hydrogens is 334 g/mol. The van der Waals surface area contributed by atoms with Crippen molar-refractivity contribution in [2.45, 2.75) is 32.8 Å². The number of carbonyl (C=O) groups is 2. The van der Waals surface area contributed by atoms with Crippen LogP contribution in [-0.2, 0) is 4.79 Å². The number of rotatable bonds is 4. The van der Waals surface area contributed by atoms with E-state index < -0.39 is 0 Å². The Morgan fingerprint density at radius 1 is 1.19 bits per heavy atom. The highest BCUT2D eigenvalue weighted by molar-refractivity contribution is 5.94. The van der Waals surface area contributed by atoms with Crippen LogP contribution in [0.2, 0.25) is 0 Å². The summed E-state index contributed by atoms with van der Waals surface area (Å²) in [6.45, 7) is 4.34. The molecule has 7 heteroatoms. The van der Waals surface area contributed by atoms with Crippen molar-refractivity contribution in [3.05, 3.63) is 47.9 Å². The van der Waals surface area contributed by atoms with E-state index >= 15 is 0 Å². The first-order chi connectivity index (χ1) is 12.5. The van der Waals surface area contributed by atoms with Gasteiger partial charge >= 0.3 is 5.97 Å². The SMILES string of the molecule is CC(=O)Oc1ccc(C(=O)N2CCCC(Oc3ccnc(C)n3)C2)cc1. The summed E-state index contributed by atoms with van der Waals surface area (Å²) >= 11 is 0. The molecule has 1 aromatic carbocycles. The van der Waals surface area contributed by atoms with Gasteiger partial charge in [0.15, 0.2) is 0 Å². The zero-order valence-corrected chi connectivity index (χ0v) is 14.8. The minimum atomic E-state index is -0.389. The summed E-state index contributed by atoms with van der Waals surface area (Å²) in [7, 11) is 0. The molecule has 3 rings (SSSR count). The molecule has 26 heavy (non-hydrogen) atoms. The molecule has 0 N–H and O–H groups in total. The maximum absolute atomic E-state index is 12.7. The van der Waals surface area contributed by atoms with Crippen molar-refractivity contribution in [2.24, 2.45) is 0 Å². The van der Waals surface area contributed by atoms with Gasteiger partial charge in [-0.3, -0.25) is 9.59 Å². The standard InChI is InChI=1S/C19H21N3O4/c1-13-20-10-9-18(21-13)26-17-4-3-11-22(12-17)19(24)15-5-7-16(8-6-15)25-14(2)23/h5-10,17H,3-4,11-12H2,1-2H3. The molecule has 1 unspecified atom stereocenters. The monoisotopic (exact) mass is 355 g/mol. The number of hydrogen-bond donors (Lipinski definition) is 0. The van der Waals surface area contributed by atoms with E-state index in [0.717, 1.165) is 12.8 Å². The van der Waals surface area contributed by atoms with Crippen molar-refractivity contribution in [1.29, 1.82) is 0 Å². The number of esters is 1. The Balaban J connectivity index is 1.63. The van der Waals surface area contributed by atoms with Crippen LogP contribution in [0.3, 0.4) is 0 Å². The van der Waals surface area contributed by atoms with Crippen molar-refractivity contribution in [2.75, 3.05) is 13.1 Å². The smallest absolute Gasteiger partial charge is 0.308 e. The Hall–Kier alpha value is -2.96. The van der Waals surface area contributed by atoms with E-state index in [4.69, 9.17) is 9.47 Å². The fourth-order valence-corrected chi connectivity index (χ4v) is 2.90. The summed E-state index contributed by atoms with van der Waals surface area (Å²) in [4.78, 5) is 33.8. The van der Waals surface area contributed by atoms with E-state index in [-0.39, 0.29) is 18.0 Å². The van der Waals surface area contributed by atoms with Crippen LogP contribution in [0, 0.1) is 6.92 Å². The molecule has 1 aliphatic heterocycles. The number of likely N-dealkylation sites (tertiary alicyclic amines) is 1. The number of ether oxygens (including phenoxy) is 2. The Morgan fingerprint density at radius 3 is 2.65 bits per heavy atom. The van der Waals surface area contributed by atoms with Crippen LogP contribution in [0.5, 0.6) is 11.6 Å². The van der Waals surface area contributed by atoms with Gasteiger partial charge in [-0.15, -0.1) is 0 Å². The Bertz CT molecular complexity index is 792. The van der Waals surface area contributed by atoms with E-state index in [9.17, 15) is 9.59 Å². The first-order valence-corrected chi connectivity index (χ1v) is 8.55. The average molecular weight is 355 g/mol. The maximum Gasteiger partial charge on any atom is 0.308 e. The molecule has 0 bridgehead atoms. The zero-order valence-electron chi connectivity index (χ0n) is 14.8. The van der Waals surface area contributed by atoms with Gasteiger partial charge in [0.1, 0.15) is 17.7 Å². The fraction of sp³-hybridized carbons (Fsp3) is 0.368. The van der Waals surface area contributed by atoms with Gasteiger partial charge in [0.05, 0.1) is 6.54 Å². The summed E-state index contributed by atoms with van der Waals surface area (Å²) in [5, 5.41) is 0. The molecular formula is C19H21N3O4. The van der Waals surface area contributed by atoms with Crippen molar-refractivity contribution in [1.82, 2.24) is 14.9 Å². The third-order valence-corrected chi connectivity index (χ3v) is 4.07. The summed E-state index contributed by atoms with van der Waals surface area (Å²) in [6, 6.07) is 8.30. The zero-order chi connectivity index (χ0) is 18.5. The van der Waals surface area contributed by atoms with Crippen LogP contribution in [0.15, 0.2) is 36.5 Å². The number of piperidine rings is 1. The normalized spacial score (nSPS) is 16.8. The highest BCUT2D eigenvalue weighted by Crippen LogP contribution is 2.20. The van der Waals surface area contributed by atoms with Gasteiger partial charge in [-0.05, 0) is 44.0 Å². The second-order valence-corrected chi connectivity index (χ2v) is 6.19. The average Bonchev–Trinajstić information content (AvgIpc) is 2.61. The number of nitrogens with zero attached hydrogens (tertiary/aromatic N) is 3. The second-order valence-electron chi connectivity index (χ2n) is 6.19. The number of amides is 1. The summed E-state index contributed by atoms with van der Waals surface area (Å²) in [5.41, 5.74) is 0.555. The number of carbonyl (C=O) groups excluding carboxylic acids is 2. The number of hydrogen-bond acceptors (Lipinski definition) is 6. The molecule has 1 fully saturated rings. The van der Waals surface area contributed by atoms with Crippen LogP contribution in [0.4, 0.5) is 0 Å². The van der Waals surface area contributed by atoms with E-state index in [0.29, 0.717) is 36.1 Å².